The van der Waals surface area contributed by atoms with Gasteiger partial charge in [-0.25, -0.2) is 0 Å². The molecule has 0 spiro atoms. The maximum Gasteiger partial charge on any atom is 0.257 e. The third-order valence-corrected chi connectivity index (χ3v) is 5.05. The summed E-state index contributed by atoms with van der Waals surface area (Å²) in [6.45, 7) is 2.34. The zero-order chi connectivity index (χ0) is 22.1. The minimum Gasteiger partial charge on any atom is -0.496 e. The normalized spacial score (nSPS) is 14.4. The van der Waals surface area contributed by atoms with Gasteiger partial charge in [-0.05, 0) is 36.8 Å². The molecule has 0 radical (unpaired) electrons. The minimum atomic E-state index is -0.284. The number of carbonyl (C=O) groups excluding carboxylic acids is 3. The lowest BCUT2D eigenvalue weighted by Crippen LogP contribution is -2.38. The SMILES string of the molecule is COc1ccccc1C(=O)N1CCCN(C(=O)CCNC(=O)/C=C/c2ccco2)CC1. The van der Waals surface area contributed by atoms with Crippen molar-refractivity contribution in [2.45, 2.75) is 12.8 Å². The Hall–Kier alpha value is -3.55. The summed E-state index contributed by atoms with van der Waals surface area (Å²) >= 11 is 0. The number of benzene rings is 1. The fourth-order valence-corrected chi connectivity index (χ4v) is 3.42. The molecule has 31 heavy (non-hydrogen) atoms. The molecule has 0 atom stereocenters. The van der Waals surface area contributed by atoms with Crippen LogP contribution in [0.5, 0.6) is 5.75 Å². The molecule has 1 aliphatic heterocycles. The van der Waals surface area contributed by atoms with E-state index in [1.807, 2.05) is 12.1 Å². The largest absolute Gasteiger partial charge is 0.496 e. The second-order valence-electron chi connectivity index (χ2n) is 7.12. The summed E-state index contributed by atoms with van der Waals surface area (Å²) in [5.74, 6) is 0.711. The molecule has 2 aromatic rings. The number of methoxy groups -OCH3 is 1. The van der Waals surface area contributed by atoms with Gasteiger partial charge in [-0.15, -0.1) is 0 Å². The van der Waals surface area contributed by atoms with E-state index in [1.54, 1.807) is 47.3 Å². The maximum absolute atomic E-state index is 12.9. The van der Waals surface area contributed by atoms with Crippen LogP contribution in [0.2, 0.25) is 0 Å². The molecule has 3 amide bonds. The van der Waals surface area contributed by atoms with E-state index in [2.05, 4.69) is 5.32 Å². The van der Waals surface area contributed by atoms with E-state index in [4.69, 9.17) is 9.15 Å². The number of nitrogens with zero attached hydrogens (tertiary/aromatic N) is 2. The van der Waals surface area contributed by atoms with E-state index in [0.717, 1.165) is 0 Å². The average Bonchev–Trinajstić information content (AvgIpc) is 3.19. The van der Waals surface area contributed by atoms with Crippen LogP contribution in [0.4, 0.5) is 0 Å². The van der Waals surface area contributed by atoms with Crippen molar-refractivity contribution in [1.82, 2.24) is 15.1 Å². The van der Waals surface area contributed by atoms with Gasteiger partial charge in [0, 0.05) is 45.2 Å². The summed E-state index contributed by atoms with van der Waals surface area (Å²) in [4.78, 5) is 40.8. The summed E-state index contributed by atoms with van der Waals surface area (Å²) in [6, 6.07) is 10.6. The molecule has 0 saturated carbocycles. The summed E-state index contributed by atoms with van der Waals surface area (Å²) < 4.78 is 10.4. The molecule has 1 aromatic carbocycles. The zero-order valence-corrected chi connectivity index (χ0v) is 17.6. The molecule has 2 heterocycles. The standard InChI is InChI=1S/C23H27N3O5/c1-30-20-8-3-2-7-19(20)23(29)26-14-5-13-25(15-16-26)22(28)11-12-24-21(27)10-9-18-6-4-17-31-18/h2-4,6-10,17H,5,11-16H2,1H3,(H,24,27)/b10-9+. The minimum absolute atomic E-state index is 0.0399. The van der Waals surface area contributed by atoms with Crippen molar-refractivity contribution in [1.29, 1.82) is 0 Å². The summed E-state index contributed by atoms with van der Waals surface area (Å²) in [5, 5.41) is 2.70. The van der Waals surface area contributed by atoms with Crippen LogP contribution in [-0.4, -0.2) is 67.4 Å². The Morgan fingerprint density at radius 3 is 2.61 bits per heavy atom. The van der Waals surface area contributed by atoms with Gasteiger partial charge in [0.1, 0.15) is 11.5 Å². The van der Waals surface area contributed by atoms with Crippen molar-refractivity contribution in [3.63, 3.8) is 0 Å². The Morgan fingerprint density at radius 1 is 1.06 bits per heavy atom. The molecule has 1 saturated heterocycles. The van der Waals surface area contributed by atoms with Crippen molar-refractivity contribution in [3.05, 3.63) is 60.1 Å². The lowest BCUT2D eigenvalue weighted by Gasteiger charge is -2.23. The number of rotatable bonds is 7. The molecule has 0 bridgehead atoms. The lowest BCUT2D eigenvalue weighted by molar-refractivity contribution is -0.131. The Labute approximate surface area is 181 Å². The molecule has 8 heteroatoms. The molecule has 8 nitrogen and oxygen atoms in total. The Balaban J connectivity index is 1.45. The predicted octanol–water partition coefficient (Wildman–Crippen LogP) is 2.18. The van der Waals surface area contributed by atoms with Crippen molar-refractivity contribution < 1.29 is 23.5 Å². The predicted molar refractivity (Wildman–Crippen MR) is 115 cm³/mol. The van der Waals surface area contributed by atoms with Crippen LogP contribution < -0.4 is 10.1 Å². The fourth-order valence-electron chi connectivity index (χ4n) is 3.42. The van der Waals surface area contributed by atoms with E-state index < -0.39 is 0 Å². The number of hydrogen-bond donors (Lipinski definition) is 1. The molecule has 1 aromatic heterocycles. The third kappa shape index (κ3) is 6.21. The van der Waals surface area contributed by atoms with E-state index in [1.165, 1.54) is 12.3 Å². The van der Waals surface area contributed by atoms with E-state index in [0.29, 0.717) is 49.7 Å². The smallest absolute Gasteiger partial charge is 0.257 e. The Bertz CT molecular complexity index is 923. The molecule has 1 aliphatic rings. The number of furan rings is 1. The lowest BCUT2D eigenvalue weighted by atomic mass is 10.1. The van der Waals surface area contributed by atoms with Gasteiger partial charge in [0.05, 0.1) is 18.9 Å². The number of carbonyl (C=O) groups is 3. The van der Waals surface area contributed by atoms with Crippen LogP contribution in [0.1, 0.15) is 29.0 Å². The van der Waals surface area contributed by atoms with E-state index in [-0.39, 0.29) is 30.7 Å². The molecule has 164 valence electrons. The summed E-state index contributed by atoms with van der Waals surface area (Å²) in [6.07, 6.45) is 5.38. The van der Waals surface area contributed by atoms with Gasteiger partial charge in [0.15, 0.2) is 0 Å². The van der Waals surface area contributed by atoms with Crippen LogP contribution in [-0.2, 0) is 9.59 Å². The Kier molecular flexibility index (Phi) is 7.86. The van der Waals surface area contributed by atoms with Gasteiger partial charge in [-0.2, -0.15) is 0 Å². The highest BCUT2D eigenvalue weighted by atomic mass is 16.5. The van der Waals surface area contributed by atoms with Gasteiger partial charge >= 0.3 is 0 Å². The van der Waals surface area contributed by atoms with Crippen molar-refractivity contribution in [3.8, 4) is 5.75 Å². The van der Waals surface area contributed by atoms with Crippen LogP contribution >= 0.6 is 0 Å². The third-order valence-electron chi connectivity index (χ3n) is 5.05. The first-order valence-electron chi connectivity index (χ1n) is 10.3. The van der Waals surface area contributed by atoms with Crippen LogP contribution in [0.15, 0.2) is 53.2 Å². The van der Waals surface area contributed by atoms with Crippen molar-refractivity contribution in [2.75, 3.05) is 39.8 Å². The number of nitrogens with one attached hydrogen (secondary N) is 1. The molecular formula is C23H27N3O5. The highest BCUT2D eigenvalue weighted by molar-refractivity contribution is 5.97. The number of amides is 3. The van der Waals surface area contributed by atoms with Crippen molar-refractivity contribution >= 4 is 23.8 Å². The average molecular weight is 425 g/mol. The molecule has 1 N–H and O–H groups in total. The first kappa shape index (κ1) is 22.1. The topological polar surface area (TPSA) is 92.1 Å². The molecular weight excluding hydrogens is 398 g/mol. The van der Waals surface area contributed by atoms with Crippen LogP contribution in [0.25, 0.3) is 6.08 Å². The number of para-hydroxylation sites is 1. The number of ether oxygens (including phenoxy) is 1. The first-order chi connectivity index (χ1) is 15.1. The molecule has 3 rings (SSSR count). The second kappa shape index (κ2) is 11.0. The zero-order valence-electron chi connectivity index (χ0n) is 17.6. The Morgan fingerprint density at radius 2 is 1.84 bits per heavy atom. The van der Waals surface area contributed by atoms with Gasteiger partial charge in [0.2, 0.25) is 11.8 Å². The quantitative estimate of drug-likeness (QED) is 0.687. The van der Waals surface area contributed by atoms with Crippen LogP contribution in [0, 0.1) is 0 Å². The maximum atomic E-state index is 12.9. The van der Waals surface area contributed by atoms with Gasteiger partial charge in [-0.3, -0.25) is 14.4 Å². The monoisotopic (exact) mass is 425 g/mol. The van der Waals surface area contributed by atoms with E-state index >= 15 is 0 Å². The summed E-state index contributed by atoms with van der Waals surface area (Å²) in [5.41, 5.74) is 0.523. The fraction of sp³-hybridized carbons (Fsp3) is 0.348. The van der Waals surface area contributed by atoms with E-state index in [9.17, 15) is 14.4 Å². The highest BCUT2D eigenvalue weighted by Gasteiger charge is 2.24. The molecule has 0 unspecified atom stereocenters. The highest BCUT2D eigenvalue weighted by Crippen LogP contribution is 2.20. The molecule has 0 aliphatic carbocycles. The molecule has 1 fully saturated rings. The van der Waals surface area contributed by atoms with Crippen molar-refractivity contribution in [2.24, 2.45) is 0 Å². The van der Waals surface area contributed by atoms with Gasteiger partial charge in [0.25, 0.3) is 5.91 Å². The number of hydrogen-bond acceptors (Lipinski definition) is 5. The van der Waals surface area contributed by atoms with Crippen LogP contribution in [0.3, 0.4) is 0 Å². The first-order valence-corrected chi connectivity index (χ1v) is 10.3. The summed E-state index contributed by atoms with van der Waals surface area (Å²) in [7, 11) is 1.54. The second-order valence-corrected chi connectivity index (χ2v) is 7.12. The van der Waals surface area contributed by atoms with Gasteiger partial charge < -0.3 is 24.3 Å². The van der Waals surface area contributed by atoms with Gasteiger partial charge in [-0.1, -0.05) is 12.1 Å².